The molecule has 1 aliphatic heterocycles. The predicted octanol–water partition coefficient (Wildman–Crippen LogP) is 0.840. The first-order chi connectivity index (χ1) is 8.94. The quantitative estimate of drug-likeness (QED) is 0.786. The minimum absolute atomic E-state index is 0.0617. The van der Waals surface area contributed by atoms with E-state index >= 15 is 0 Å². The molecule has 5 nitrogen and oxygen atoms in total. The first-order valence-corrected chi connectivity index (χ1v) is 9.66. The van der Waals surface area contributed by atoms with Crippen LogP contribution < -0.4 is 5.73 Å². The summed E-state index contributed by atoms with van der Waals surface area (Å²) >= 11 is 1.58. The minimum Gasteiger partial charge on any atom is -0.323 e. The molecule has 1 saturated heterocycles. The molecule has 1 amide bonds. The molecule has 112 valence electrons. The first-order valence-electron chi connectivity index (χ1n) is 6.79. The Bertz CT molecular complexity index is 398. The summed E-state index contributed by atoms with van der Waals surface area (Å²) in [6, 6.07) is -0.572. The molecule has 1 aliphatic rings. The van der Waals surface area contributed by atoms with E-state index in [4.69, 9.17) is 5.73 Å². The summed E-state index contributed by atoms with van der Waals surface area (Å²) < 4.78 is 24.1. The second-order valence-corrected chi connectivity index (χ2v) is 8.36. The topological polar surface area (TPSA) is 80.5 Å². The molecule has 2 atom stereocenters. The summed E-state index contributed by atoms with van der Waals surface area (Å²) in [5.41, 5.74) is 5.89. The van der Waals surface area contributed by atoms with Crippen LogP contribution in [-0.2, 0) is 14.6 Å². The summed E-state index contributed by atoms with van der Waals surface area (Å²) in [6.45, 7) is 4.14. The van der Waals surface area contributed by atoms with Gasteiger partial charge < -0.3 is 10.6 Å². The third-order valence-electron chi connectivity index (χ3n) is 3.37. The number of sulfone groups is 1. The molecule has 0 radical (unpaired) electrons. The van der Waals surface area contributed by atoms with E-state index in [1.54, 1.807) is 18.7 Å². The summed E-state index contributed by atoms with van der Waals surface area (Å²) in [4.78, 5) is 13.8. The van der Waals surface area contributed by atoms with Crippen LogP contribution in [0.1, 0.15) is 33.1 Å². The molecule has 0 aromatic carbocycles. The monoisotopic (exact) mass is 308 g/mol. The highest BCUT2D eigenvalue weighted by atomic mass is 32.2. The third-order valence-corrected chi connectivity index (χ3v) is 6.66. The van der Waals surface area contributed by atoms with Crippen LogP contribution in [0.2, 0.25) is 0 Å². The van der Waals surface area contributed by atoms with E-state index in [1.165, 1.54) is 4.90 Å². The molecule has 1 heterocycles. The maximum absolute atomic E-state index is 12.3. The third kappa shape index (κ3) is 4.36. The second-order valence-electron chi connectivity index (χ2n) is 4.76. The number of carbonyl (C=O) groups excluding carboxylic acids is 1. The van der Waals surface area contributed by atoms with Crippen LogP contribution in [0.5, 0.6) is 0 Å². The average Bonchev–Trinajstić information content (AvgIpc) is 2.43. The van der Waals surface area contributed by atoms with Crippen LogP contribution in [0.15, 0.2) is 0 Å². The van der Waals surface area contributed by atoms with Crippen molar-refractivity contribution in [2.24, 2.45) is 5.73 Å². The van der Waals surface area contributed by atoms with Crippen molar-refractivity contribution in [3.05, 3.63) is 0 Å². The van der Waals surface area contributed by atoms with Crippen LogP contribution in [0.25, 0.3) is 0 Å². The Balaban J connectivity index is 2.79. The van der Waals surface area contributed by atoms with Crippen molar-refractivity contribution in [1.82, 2.24) is 4.90 Å². The van der Waals surface area contributed by atoms with E-state index in [0.29, 0.717) is 18.7 Å². The molecule has 1 unspecified atom stereocenters. The second kappa shape index (κ2) is 7.50. The zero-order chi connectivity index (χ0) is 14.5. The van der Waals surface area contributed by atoms with Gasteiger partial charge in [-0.25, -0.2) is 8.42 Å². The molecular formula is C12H24N2O3S2. The molecule has 0 aliphatic carbocycles. The maximum Gasteiger partial charge on any atom is 0.240 e. The first kappa shape index (κ1) is 16.8. The Kier molecular flexibility index (Phi) is 6.62. The minimum atomic E-state index is -3.24. The molecule has 0 aromatic heterocycles. The lowest BCUT2D eigenvalue weighted by Crippen LogP contribution is -2.55. The van der Waals surface area contributed by atoms with Gasteiger partial charge in [0.25, 0.3) is 0 Å². The fourth-order valence-electron chi connectivity index (χ4n) is 2.08. The summed E-state index contributed by atoms with van der Waals surface area (Å²) in [6.07, 6.45) is 2.49. The average molecular weight is 308 g/mol. The number of unbranched alkanes of at least 4 members (excludes halogenated alkanes) is 1. The maximum atomic E-state index is 12.3. The molecule has 0 aromatic rings. The fraction of sp³-hybridized carbons (Fsp3) is 0.917. The summed E-state index contributed by atoms with van der Waals surface area (Å²) in [5.74, 6) is 1.09. The number of thioether (sulfide) groups is 1. The summed E-state index contributed by atoms with van der Waals surface area (Å²) in [5, 5.41) is -0.698. The van der Waals surface area contributed by atoms with Crippen LogP contribution in [0.4, 0.5) is 0 Å². The number of hydrogen-bond acceptors (Lipinski definition) is 5. The van der Waals surface area contributed by atoms with E-state index in [-0.39, 0.29) is 11.7 Å². The highest BCUT2D eigenvalue weighted by Gasteiger charge is 2.37. The highest BCUT2D eigenvalue weighted by Crippen LogP contribution is 2.22. The van der Waals surface area contributed by atoms with Crippen molar-refractivity contribution in [3.63, 3.8) is 0 Å². The van der Waals surface area contributed by atoms with Gasteiger partial charge >= 0.3 is 0 Å². The highest BCUT2D eigenvalue weighted by molar-refractivity contribution is 8.01. The Labute approximate surface area is 120 Å². The molecule has 1 rings (SSSR count). The molecule has 1 fully saturated rings. The number of rotatable bonds is 6. The number of amides is 1. The molecule has 0 saturated carbocycles. The van der Waals surface area contributed by atoms with E-state index in [2.05, 4.69) is 0 Å². The Hall–Kier alpha value is -0.270. The normalized spacial score (nSPS) is 22.3. The van der Waals surface area contributed by atoms with Gasteiger partial charge in [-0.2, -0.15) is 11.8 Å². The Morgan fingerprint density at radius 2 is 2.16 bits per heavy atom. The van der Waals surface area contributed by atoms with Crippen molar-refractivity contribution in [2.75, 3.05) is 23.8 Å². The summed E-state index contributed by atoms with van der Waals surface area (Å²) in [7, 11) is -3.24. The van der Waals surface area contributed by atoms with Crippen molar-refractivity contribution in [1.29, 1.82) is 0 Å². The van der Waals surface area contributed by atoms with E-state index in [1.807, 2.05) is 6.92 Å². The predicted molar refractivity (Wildman–Crippen MR) is 79.8 cm³/mol. The number of nitrogens with two attached hydrogens (primary N) is 1. The molecule has 0 spiro atoms. The van der Waals surface area contributed by atoms with Crippen molar-refractivity contribution in [3.8, 4) is 0 Å². The van der Waals surface area contributed by atoms with Gasteiger partial charge in [0, 0.05) is 23.8 Å². The zero-order valence-corrected chi connectivity index (χ0v) is 13.3. The Morgan fingerprint density at radius 1 is 1.47 bits per heavy atom. The zero-order valence-electron chi connectivity index (χ0n) is 11.7. The molecule has 19 heavy (non-hydrogen) atoms. The van der Waals surface area contributed by atoms with E-state index in [0.717, 1.165) is 18.6 Å². The Morgan fingerprint density at radius 3 is 2.74 bits per heavy atom. The van der Waals surface area contributed by atoms with Crippen LogP contribution in [-0.4, -0.2) is 54.4 Å². The van der Waals surface area contributed by atoms with E-state index in [9.17, 15) is 13.2 Å². The molecule has 7 heteroatoms. The fourth-order valence-corrected chi connectivity index (χ4v) is 5.06. The lowest BCUT2D eigenvalue weighted by Gasteiger charge is -2.36. The number of hydrogen-bond donors (Lipinski definition) is 1. The van der Waals surface area contributed by atoms with Crippen LogP contribution in [0, 0.1) is 0 Å². The largest absolute Gasteiger partial charge is 0.323 e. The van der Waals surface area contributed by atoms with Gasteiger partial charge in [0.2, 0.25) is 5.91 Å². The van der Waals surface area contributed by atoms with Gasteiger partial charge in [-0.1, -0.05) is 26.7 Å². The van der Waals surface area contributed by atoms with Crippen molar-refractivity contribution < 1.29 is 13.2 Å². The lowest BCUT2D eigenvalue weighted by atomic mass is 10.1. The number of nitrogens with zero attached hydrogens (tertiary/aromatic N) is 1. The van der Waals surface area contributed by atoms with Gasteiger partial charge in [-0.15, -0.1) is 0 Å². The van der Waals surface area contributed by atoms with Crippen LogP contribution in [0.3, 0.4) is 0 Å². The SMILES string of the molecule is CCCC[C@H](N)C(=O)N1CCSCC1S(=O)(=O)CC. The van der Waals surface area contributed by atoms with Crippen LogP contribution >= 0.6 is 11.8 Å². The number of carbonyl (C=O) groups is 1. The molecule has 0 bridgehead atoms. The van der Waals surface area contributed by atoms with Crippen molar-refractivity contribution >= 4 is 27.5 Å². The smallest absolute Gasteiger partial charge is 0.240 e. The van der Waals surface area contributed by atoms with Gasteiger partial charge in [-0.3, -0.25) is 4.79 Å². The van der Waals surface area contributed by atoms with Gasteiger partial charge in [0.05, 0.1) is 6.04 Å². The van der Waals surface area contributed by atoms with Crippen molar-refractivity contribution in [2.45, 2.75) is 44.5 Å². The van der Waals surface area contributed by atoms with E-state index < -0.39 is 21.3 Å². The van der Waals surface area contributed by atoms with Gasteiger partial charge in [0.15, 0.2) is 9.84 Å². The lowest BCUT2D eigenvalue weighted by molar-refractivity contribution is -0.133. The molecular weight excluding hydrogens is 284 g/mol. The standard InChI is InChI=1S/C12H24N2O3S2/c1-3-5-6-10(13)12(15)14-7-8-18-9-11(14)19(16,17)4-2/h10-11H,3-9,13H2,1-2H3/t10-,11?/m0/s1. The van der Waals surface area contributed by atoms with Gasteiger partial charge in [-0.05, 0) is 6.42 Å². The molecule has 2 N–H and O–H groups in total. The van der Waals surface area contributed by atoms with Gasteiger partial charge in [0.1, 0.15) is 5.37 Å².